The first-order valence-corrected chi connectivity index (χ1v) is 11.2. The Morgan fingerprint density at radius 3 is 2.59 bits per heavy atom. The van der Waals surface area contributed by atoms with Crippen LogP contribution in [-0.2, 0) is 28.1 Å². The summed E-state index contributed by atoms with van der Waals surface area (Å²) < 4.78 is 0. The summed E-state index contributed by atoms with van der Waals surface area (Å²) in [7, 11) is 0. The minimum Gasteiger partial charge on any atom is -0.465 e. The molecule has 0 saturated carbocycles. The van der Waals surface area contributed by atoms with E-state index in [4.69, 9.17) is 0 Å². The Labute approximate surface area is 197 Å². The number of piperidine rings is 1. The quantitative estimate of drug-likeness (QED) is 0.671. The van der Waals surface area contributed by atoms with Crippen LogP contribution in [0.4, 0.5) is 10.5 Å². The van der Waals surface area contributed by atoms with Crippen molar-refractivity contribution in [3.8, 4) is 0 Å². The van der Waals surface area contributed by atoms with Crippen molar-refractivity contribution in [2.24, 2.45) is 0 Å². The van der Waals surface area contributed by atoms with Crippen molar-refractivity contribution in [3.63, 3.8) is 0 Å². The van der Waals surface area contributed by atoms with E-state index >= 15 is 0 Å². The summed E-state index contributed by atoms with van der Waals surface area (Å²) in [5, 5.41) is 12.2. The van der Waals surface area contributed by atoms with E-state index in [2.05, 4.69) is 10.3 Å². The molecule has 178 valence electrons. The van der Waals surface area contributed by atoms with E-state index < -0.39 is 18.0 Å². The van der Waals surface area contributed by atoms with E-state index in [0.717, 1.165) is 17.0 Å². The molecule has 0 radical (unpaired) electrons. The van der Waals surface area contributed by atoms with Gasteiger partial charge in [0.25, 0.3) is 5.91 Å². The Hall–Kier alpha value is -3.75. The summed E-state index contributed by atoms with van der Waals surface area (Å²) in [6.07, 6.45) is -0.624. The zero-order valence-electron chi connectivity index (χ0n) is 19.7. The smallest absolute Gasteiger partial charge is 0.412 e. The van der Waals surface area contributed by atoms with Crippen LogP contribution in [0, 0.1) is 6.92 Å². The number of fused-ring (bicyclic) bond motifs is 1. The second kappa shape index (κ2) is 8.55. The molecule has 9 nitrogen and oxygen atoms in total. The van der Waals surface area contributed by atoms with Gasteiger partial charge in [-0.15, -0.1) is 0 Å². The Morgan fingerprint density at radius 1 is 1.21 bits per heavy atom. The molecule has 0 spiro atoms. The van der Waals surface area contributed by atoms with Crippen molar-refractivity contribution >= 4 is 29.5 Å². The maximum atomic E-state index is 13.1. The fraction of sp³-hybridized carbons (Fsp3) is 0.400. The fourth-order valence-corrected chi connectivity index (χ4v) is 4.34. The molecule has 34 heavy (non-hydrogen) atoms. The SMILES string of the molecule is Cc1cc(N(Cc2ccc3c(c2)C(=O)N(C2CCC(=O)NC2=O)C3)C(=O)O)cc(C(C)(C)C)n1. The maximum Gasteiger partial charge on any atom is 0.412 e. The molecule has 4 amide bonds. The van der Waals surface area contributed by atoms with Gasteiger partial charge in [0, 0.05) is 35.3 Å². The fourth-order valence-electron chi connectivity index (χ4n) is 4.34. The summed E-state index contributed by atoms with van der Waals surface area (Å²) >= 11 is 0. The average molecular weight is 465 g/mol. The van der Waals surface area contributed by atoms with Crippen molar-refractivity contribution in [1.29, 1.82) is 0 Å². The maximum absolute atomic E-state index is 13.1. The Bertz CT molecular complexity index is 1200. The molecular formula is C25H28N4O5. The molecule has 2 aliphatic rings. The molecule has 0 aliphatic carbocycles. The van der Waals surface area contributed by atoms with Gasteiger partial charge in [0.05, 0.1) is 12.2 Å². The molecule has 1 aromatic heterocycles. The number of anilines is 1. The second-order valence-corrected chi connectivity index (χ2v) is 9.86. The third-order valence-corrected chi connectivity index (χ3v) is 6.18. The number of rotatable bonds is 4. The van der Waals surface area contributed by atoms with Crippen LogP contribution in [0.15, 0.2) is 30.3 Å². The minimum absolute atomic E-state index is 0.0569. The number of hydrogen-bond donors (Lipinski definition) is 2. The molecule has 0 bridgehead atoms. The van der Waals surface area contributed by atoms with E-state index in [-0.39, 0.29) is 36.7 Å². The number of amides is 4. The number of benzene rings is 1. The first-order chi connectivity index (χ1) is 15.9. The topological polar surface area (TPSA) is 120 Å². The van der Waals surface area contributed by atoms with Crippen LogP contribution in [0.1, 0.15) is 66.5 Å². The van der Waals surface area contributed by atoms with Gasteiger partial charge in [0.2, 0.25) is 11.8 Å². The summed E-state index contributed by atoms with van der Waals surface area (Å²) in [6, 6.07) is 8.11. The van der Waals surface area contributed by atoms with Crippen LogP contribution in [-0.4, -0.2) is 44.8 Å². The molecule has 1 unspecified atom stereocenters. The van der Waals surface area contributed by atoms with E-state index in [1.807, 2.05) is 27.7 Å². The monoisotopic (exact) mass is 464 g/mol. The number of nitrogens with zero attached hydrogens (tertiary/aromatic N) is 3. The van der Waals surface area contributed by atoms with Gasteiger partial charge in [-0.05, 0) is 42.7 Å². The van der Waals surface area contributed by atoms with Gasteiger partial charge < -0.3 is 10.0 Å². The van der Waals surface area contributed by atoms with E-state index in [0.29, 0.717) is 23.2 Å². The molecule has 1 atom stereocenters. The van der Waals surface area contributed by atoms with Crippen molar-refractivity contribution in [2.45, 2.75) is 65.1 Å². The van der Waals surface area contributed by atoms with Crippen LogP contribution in [0.2, 0.25) is 0 Å². The van der Waals surface area contributed by atoms with E-state index in [9.17, 15) is 24.3 Å². The predicted molar refractivity (Wildman–Crippen MR) is 124 cm³/mol. The van der Waals surface area contributed by atoms with Crippen LogP contribution in [0.5, 0.6) is 0 Å². The van der Waals surface area contributed by atoms with Crippen molar-refractivity contribution in [3.05, 3.63) is 58.4 Å². The third kappa shape index (κ3) is 4.50. The number of imide groups is 1. The molecule has 9 heteroatoms. The lowest BCUT2D eigenvalue weighted by Gasteiger charge is -2.29. The highest BCUT2D eigenvalue weighted by atomic mass is 16.4. The first kappa shape index (κ1) is 23.4. The van der Waals surface area contributed by atoms with Gasteiger partial charge >= 0.3 is 6.09 Å². The normalized spacial score (nSPS) is 18.1. The Morgan fingerprint density at radius 2 is 1.94 bits per heavy atom. The highest BCUT2D eigenvalue weighted by Gasteiger charge is 2.39. The highest BCUT2D eigenvalue weighted by Crippen LogP contribution is 2.30. The number of pyridine rings is 1. The van der Waals surface area contributed by atoms with Crippen molar-refractivity contribution in [2.75, 3.05) is 4.90 Å². The van der Waals surface area contributed by atoms with Gasteiger partial charge in [-0.25, -0.2) is 4.79 Å². The number of nitrogens with one attached hydrogen (secondary N) is 1. The van der Waals surface area contributed by atoms with E-state index in [1.54, 1.807) is 30.3 Å². The molecular weight excluding hydrogens is 436 g/mol. The lowest BCUT2D eigenvalue weighted by Crippen LogP contribution is -2.52. The van der Waals surface area contributed by atoms with Crippen LogP contribution in [0.25, 0.3) is 0 Å². The molecule has 2 aromatic rings. The number of hydrogen-bond acceptors (Lipinski definition) is 5. The summed E-state index contributed by atoms with van der Waals surface area (Å²) in [5.41, 5.74) is 3.66. The number of carboxylic acid groups (broad SMARTS) is 1. The lowest BCUT2D eigenvalue weighted by molar-refractivity contribution is -0.136. The van der Waals surface area contributed by atoms with E-state index in [1.165, 1.54) is 9.80 Å². The molecule has 1 aromatic carbocycles. The standard InChI is InChI=1S/C25H28N4O5/c1-14-9-17(11-20(26-14)25(2,3)4)28(24(33)34)12-15-5-6-16-13-29(23(32)18(16)10-15)19-7-8-21(30)27-22(19)31/h5-6,9-11,19H,7-8,12-13H2,1-4H3,(H,33,34)(H,27,30,31). The molecule has 2 aliphatic heterocycles. The molecule has 3 heterocycles. The minimum atomic E-state index is -1.11. The number of aryl methyl sites for hydroxylation is 1. The van der Waals surface area contributed by atoms with Crippen molar-refractivity contribution < 1.29 is 24.3 Å². The molecule has 2 N–H and O–H groups in total. The molecule has 4 rings (SSSR count). The first-order valence-electron chi connectivity index (χ1n) is 11.2. The summed E-state index contributed by atoms with van der Waals surface area (Å²) in [6.45, 7) is 8.22. The van der Waals surface area contributed by atoms with Gasteiger partial charge in [0.15, 0.2) is 0 Å². The van der Waals surface area contributed by atoms with Gasteiger partial charge in [-0.1, -0.05) is 32.9 Å². The van der Waals surface area contributed by atoms with Crippen LogP contribution < -0.4 is 10.2 Å². The van der Waals surface area contributed by atoms with Crippen LogP contribution in [0.3, 0.4) is 0 Å². The van der Waals surface area contributed by atoms with Crippen LogP contribution >= 0.6 is 0 Å². The largest absolute Gasteiger partial charge is 0.465 e. The predicted octanol–water partition coefficient (Wildman–Crippen LogP) is 3.13. The van der Waals surface area contributed by atoms with Gasteiger partial charge in [-0.3, -0.25) is 29.6 Å². The number of aromatic nitrogens is 1. The Balaban J connectivity index is 1.59. The van der Waals surface area contributed by atoms with Gasteiger partial charge in [0.1, 0.15) is 6.04 Å². The number of carbonyl (C=O) groups is 4. The number of carbonyl (C=O) groups excluding carboxylic acids is 3. The molecule has 1 fully saturated rings. The Kier molecular flexibility index (Phi) is 5.89. The van der Waals surface area contributed by atoms with Gasteiger partial charge in [-0.2, -0.15) is 0 Å². The van der Waals surface area contributed by atoms with Crippen molar-refractivity contribution in [1.82, 2.24) is 15.2 Å². The zero-order chi connectivity index (χ0) is 24.8. The summed E-state index contributed by atoms with van der Waals surface area (Å²) in [4.78, 5) is 56.2. The average Bonchev–Trinajstić information content (AvgIpc) is 3.06. The summed E-state index contributed by atoms with van der Waals surface area (Å²) in [5.74, 6) is -1.08. The zero-order valence-corrected chi connectivity index (χ0v) is 19.7. The highest BCUT2D eigenvalue weighted by molar-refractivity contribution is 6.05. The third-order valence-electron chi connectivity index (χ3n) is 6.18. The molecule has 1 saturated heterocycles. The lowest BCUT2D eigenvalue weighted by atomic mass is 9.91. The second-order valence-electron chi connectivity index (χ2n) is 9.86.